The van der Waals surface area contributed by atoms with Gasteiger partial charge in [-0.05, 0) is 43.7 Å². The molecular formula is C21H28FN5O. The van der Waals surface area contributed by atoms with Crippen LogP contribution in [-0.4, -0.2) is 50.1 Å². The molecule has 2 fully saturated rings. The lowest BCUT2D eigenvalue weighted by atomic mass is 9.90. The van der Waals surface area contributed by atoms with E-state index in [1.165, 1.54) is 12.4 Å². The summed E-state index contributed by atoms with van der Waals surface area (Å²) in [5.74, 6) is 0.946. The SMILES string of the molecule is C=CC(=O)N1C[C@@H](Nc2ncnc3[nH]cc([C@@H]4CC4(C)F)c23)CC[C@H]1C(C)C. The minimum absolute atomic E-state index is 0.0356. The molecule has 1 amide bonds. The molecular weight excluding hydrogens is 357 g/mol. The summed E-state index contributed by atoms with van der Waals surface area (Å²) in [7, 11) is 0. The first-order valence-electron chi connectivity index (χ1n) is 10.0. The monoisotopic (exact) mass is 385 g/mol. The van der Waals surface area contributed by atoms with E-state index in [4.69, 9.17) is 0 Å². The van der Waals surface area contributed by atoms with Crippen LogP contribution in [0.25, 0.3) is 11.0 Å². The summed E-state index contributed by atoms with van der Waals surface area (Å²) in [5.41, 5.74) is 0.480. The summed E-state index contributed by atoms with van der Waals surface area (Å²) in [4.78, 5) is 26.2. The number of H-pyrrole nitrogens is 1. The lowest BCUT2D eigenvalue weighted by molar-refractivity contribution is -0.130. The van der Waals surface area contributed by atoms with Gasteiger partial charge in [0.05, 0.1) is 5.39 Å². The van der Waals surface area contributed by atoms with Gasteiger partial charge < -0.3 is 15.2 Å². The van der Waals surface area contributed by atoms with E-state index in [-0.39, 0.29) is 23.9 Å². The number of nitrogens with zero attached hydrogens (tertiary/aromatic N) is 3. The number of halogens is 1. The maximum absolute atomic E-state index is 14.3. The van der Waals surface area contributed by atoms with Gasteiger partial charge in [0.1, 0.15) is 23.5 Å². The zero-order valence-electron chi connectivity index (χ0n) is 16.7. The van der Waals surface area contributed by atoms with Crippen molar-refractivity contribution in [2.24, 2.45) is 5.92 Å². The third kappa shape index (κ3) is 3.27. The van der Waals surface area contributed by atoms with Crippen molar-refractivity contribution < 1.29 is 9.18 Å². The fourth-order valence-corrected chi connectivity index (χ4v) is 4.51. The van der Waals surface area contributed by atoms with Crippen molar-refractivity contribution in [1.29, 1.82) is 0 Å². The van der Waals surface area contributed by atoms with E-state index in [2.05, 4.69) is 40.7 Å². The first-order valence-corrected chi connectivity index (χ1v) is 10.0. The van der Waals surface area contributed by atoms with Gasteiger partial charge in [0.15, 0.2) is 0 Å². The molecule has 0 spiro atoms. The maximum atomic E-state index is 14.3. The summed E-state index contributed by atoms with van der Waals surface area (Å²) in [6.45, 7) is 10.2. The number of rotatable bonds is 5. The highest BCUT2D eigenvalue weighted by Gasteiger charge is 2.53. The molecule has 4 atom stereocenters. The Balaban J connectivity index is 1.59. The number of fused-ring (bicyclic) bond motifs is 1. The number of alkyl halides is 1. The van der Waals surface area contributed by atoms with E-state index in [0.29, 0.717) is 30.3 Å². The molecule has 2 aromatic rings. The molecule has 1 aliphatic heterocycles. The molecule has 1 unspecified atom stereocenters. The number of carbonyl (C=O) groups is 1. The highest BCUT2D eigenvalue weighted by molar-refractivity contribution is 5.91. The first kappa shape index (κ1) is 18.9. The van der Waals surface area contributed by atoms with E-state index in [0.717, 1.165) is 23.8 Å². The van der Waals surface area contributed by atoms with E-state index >= 15 is 0 Å². The number of hydrogen-bond acceptors (Lipinski definition) is 4. The number of anilines is 1. The molecule has 2 N–H and O–H groups in total. The van der Waals surface area contributed by atoms with Crippen molar-refractivity contribution in [1.82, 2.24) is 19.9 Å². The number of carbonyl (C=O) groups excluding carboxylic acids is 1. The van der Waals surface area contributed by atoms with Crippen molar-refractivity contribution in [2.75, 3.05) is 11.9 Å². The van der Waals surface area contributed by atoms with E-state index < -0.39 is 5.67 Å². The van der Waals surface area contributed by atoms with Gasteiger partial charge in [-0.1, -0.05) is 20.4 Å². The average molecular weight is 385 g/mol. The van der Waals surface area contributed by atoms with Gasteiger partial charge in [0, 0.05) is 30.7 Å². The Morgan fingerprint density at radius 3 is 2.86 bits per heavy atom. The predicted octanol–water partition coefficient (Wildman–Crippen LogP) is 3.79. The number of piperidine rings is 1. The van der Waals surface area contributed by atoms with Gasteiger partial charge in [-0.2, -0.15) is 0 Å². The Morgan fingerprint density at radius 1 is 1.46 bits per heavy atom. The first-order chi connectivity index (χ1) is 13.3. The second-order valence-corrected chi connectivity index (χ2v) is 8.65. The lowest BCUT2D eigenvalue weighted by Crippen LogP contribution is -2.52. The van der Waals surface area contributed by atoms with Crippen molar-refractivity contribution in [3.8, 4) is 0 Å². The van der Waals surface area contributed by atoms with Crippen LogP contribution in [0.2, 0.25) is 0 Å². The van der Waals surface area contributed by atoms with Gasteiger partial charge in [-0.15, -0.1) is 0 Å². The fourth-order valence-electron chi connectivity index (χ4n) is 4.51. The number of likely N-dealkylation sites (tertiary alicyclic amines) is 1. The average Bonchev–Trinajstić information content (AvgIpc) is 3.10. The van der Waals surface area contributed by atoms with E-state index in [1.807, 2.05) is 11.1 Å². The lowest BCUT2D eigenvalue weighted by Gasteiger charge is -2.41. The molecule has 3 heterocycles. The highest BCUT2D eigenvalue weighted by Crippen LogP contribution is 2.56. The van der Waals surface area contributed by atoms with Crippen molar-refractivity contribution in [2.45, 2.75) is 63.7 Å². The number of hydrogen-bond donors (Lipinski definition) is 2. The molecule has 0 aromatic carbocycles. The summed E-state index contributed by atoms with van der Waals surface area (Å²) < 4.78 is 14.3. The zero-order chi connectivity index (χ0) is 20.1. The summed E-state index contributed by atoms with van der Waals surface area (Å²) in [6, 6.07) is 0.297. The second kappa shape index (κ2) is 6.87. The molecule has 6 nitrogen and oxygen atoms in total. The van der Waals surface area contributed by atoms with Crippen LogP contribution >= 0.6 is 0 Å². The largest absolute Gasteiger partial charge is 0.365 e. The molecule has 1 saturated carbocycles. The number of amides is 1. The predicted molar refractivity (Wildman–Crippen MR) is 108 cm³/mol. The molecule has 2 aromatic heterocycles. The van der Waals surface area contributed by atoms with Gasteiger partial charge >= 0.3 is 0 Å². The maximum Gasteiger partial charge on any atom is 0.246 e. The van der Waals surface area contributed by atoms with Gasteiger partial charge in [0.2, 0.25) is 5.91 Å². The molecule has 2 aliphatic rings. The number of nitrogens with one attached hydrogen (secondary N) is 2. The second-order valence-electron chi connectivity index (χ2n) is 8.65. The molecule has 28 heavy (non-hydrogen) atoms. The Labute approximate surface area is 164 Å². The van der Waals surface area contributed by atoms with Gasteiger partial charge in [-0.25, -0.2) is 14.4 Å². The van der Waals surface area contributed by atoms with Crippen molar-refractivity contribution >= 4 is 22.8 Å². The summed E-state index contributed by atoms with van der Waals surface area (Å²) in [6.07, 6.45) is 7.14. The Bertz CT molecular complexity index is 905. The van der Waals surface area contributed by atoms with Gasteiger partial charge in [0.25, 0.3) is 0 Å². The number of aromatic nitrogens is 3. The molecule has 4 rings (SSSR count). The molecule has 0 bridgehead atoms. The van der Waals surface area contributed by atoms with Crippen LogP contribution in [0.1, 0.15) is 51.5 Å². The van der Waals surface area contributed by atoms with Crippen LogP contribution in [0.4, 0.5) is 10.2 Å². The van der Waals surface area contributed by atoms with E-state index in [1.54, 1.807) is 6.92 Å². The minimum Gasteiger partial charge on any atom is -0.365 e. The van der Waals surface area contributed by atoms with Crippen molar-refractivity contribution in [3.63, 3.8) is 0 Å². The Hall–Kier alpha value is -2.44. The normalized spacial score (nSPS) is 29.9. The molecule has 7 heteroatoms. The quantitative estimate of drug-likeness (QED) is 0.768. The minimum atomic E-state index is -1.16. The third-order valence-electron chi connectivity index (χ3n) is 6.24. The topological polar surface area (TPSA) is 73.9 Å². The highest BCUT2D eigenvalue weighted by atomic mass is 19.1. The van der Waals surface area contributed by atoms with Gasteiger partial charge in [-0.3, -0.25) is 4.79 Å². The summed E-state index contributed by atoms with van der Waals surface area (Å²) >= 11 is 0. The van der Waals surface area contributed by atoms with E-state index in [9.17, 15) is 9.18 Å². The Morgan fingerprint density at radius 2 is 2.21 bits per heavy atom. The standard InChI is InChI=1S/C21H28FN5O/c1-5-17(28)27-10-13(6-7-16(27)12(2)3)26-20-18-14(15-8-21(15,4)22)9-23-19(18)24-11-25-20/h5,9,11-13,15-16H,1,6-8,10H2,2-4H3,(H2,23,24,25,26)/t13-,15-,16-,21?/m0/s1. The van der Waals surface area contributed by atoms with Crippen LogP contribution in [0.15, 0.2) is 25.2 Å². The van der Waals surface area contributed by atoms with Crippen LogP contribution in [-0.2, 0) is 4.79 Å². The third-order valence-corrected chi connectivity index (χ3v) is 6.24. The fraction of sp³-hybridized carbons (Fsp3) is 0.571. The zero-order valence-corrected chi connectivity index (χ0v) is 16.7. The van der Waals surface area contributed by atoms with Crippen LogP contribution < -0.4 is 5.32 Å². The van der Waals surface area contributed by atoms with Crippen LogP contribution in [0.3, 0.4) is 0 Å². The van der Waals surface area contributed by atoms with Crippen molar-refractivity contribution in [3.05, 3.63) is 30.7 Å². The molecule has 1 aliphatic carbocycles. The Kier molecular flexibility index (Phi) is 4.63. The van der Waals surface area contributed by atoms with Crippen LogP contribution in [0.5, 0.6) is 0 Å². The van der Waals surface area contributed by atoms with Crippen LogP contribution in [0, 0.1) is 5.92 Å². The molecule has 150 valence electrons. The summed E-state index contributed by atoms with van der Waals surface area (Å²) in [5, 5.41) is 4.37. The molecule has 1 saturated heterocycles. The smallest absolute Gasteiger partial charge is 0.246 e. The molecule has 0 radical (unpaired) electrons. The number of aromatic amines is 1.